The first-order chi connectivity index (χ1) is 12.8. The van der Waals surface area contributed by atoms with Gasteiger partial charge in [0.25, 0.3) is 0 Å². The van der Waals surface area contributed by atoms with E-state index >= 15 is 0 Å². The first kappa shape index (κ1) is 20.7. The van der Waals surface area contributed by atoms with E-state index in [4.69, 9.17) is 15.2 Å². The summed E-state index contributed by atoms with van der Waals surface area (Å²) in [6.07, 6.45) is 2.56. The first-order valence-corrected chi connectivity index (χ1v) is 9.19. The fourth-order valence-corrected chi connectivity index (χ4v) is 2.31. The van der Waals surface area contributed by atoms with E-state index in [1.54, 1.807) is 12.3 Å². The van der Waals surface area contributed by atoms with Gasteiger partial charge in [-0.15, -0.1) is 0 Å². The predicted octanol–water partition coefficient (Wildman–Crippen LogP) is 3.65. The molecule has 0 aliphatic carbocycles. The molecule has 0 saturated carbocycles. The van der Waals surface area contributed by atoms with Crippen LogP contribution in [0.3, 0.4) is 0 Å². The number of amides is 1. The van der Waals surface area contributed by atoms with E-state index in [1.807, 2.05) is 58.0 Å². The zero-order chi connectivity index (χ0) is 19.9. The van der Waals surface area contributed by atoms with Crippen LogP contribution < -0.4 is 20.5 Å². The molecule has 0 radical (unpaired) electrons. The zero-order valence-corrected chi connectivity index (χ0v) is 16.5. The number of nitrogens with one attached hydrogen (secondary N) is 1. The van der Waals surface area contributed by atoms with Crippen LogP contribution in [0.5, 0.6) is 17.4 Å². The number of aromatic nitrogens is 1. The second-order valence-corrected chi connectivity index (χ2v) is 7.43. The van der Waals surface area contributed by atoms with Gasteiger partial charge in [0.2, 0.25) is 11.8 Å². The Labute approximate surface area is 161 Å². The molecule has 1 atom stereocenters. The van der Waals surface area contributed by atoms with Crippen molar-refractivity contribution in [3.05, 3.63) is 48.2 Å². The molecule has 27 heavy (non-hydrogen) atoms. The molecule has 2 aromatic rings. The largest absolute Gasteiger partial charge is 0.490 e. The highest BCUT2D eigenvalue weighted by atomic mass is 16.5. The summed E-state index contributed by atoms with van der Waals surface area (Å²) in [7, 11) is 0. The molecule has 1 aromatic heterocycles. The lowest BCUT2D eigenvalue weighted by Crippen LogP contribution is -2.48. The van der Waals surface area contributed by atoms with E-state index in [2.05, 4.69) is 10.3 Å². The van der Waals surface area contributed by atoms with Gasteiger partial charge in [-0.05, 0) is 30.0 Å². The van der Waals surface area contributed by atoms with Crippen molar-refractivity contribution < 1.29 is 14.3 Å². The molecule has 1 amide bonds. The van der Waals surface area contributed by atoms with Crippen molar-refractivity contribution in [2.45, 2.75) is 46.7 Å². The molecular weight excluding hydrogens is 342 g/mol. The van der Waals surface area contributed by atoms with Crippen LogP contribution in [0.15, 0.2) is 42.6 Å². The van der Waals surface area contributed by atoms with Crippen LogP contribution in [0, 0.1) is 5.41 Å². The number of carbonyl (C=O) groups is 1. The van der Waals surface area contributed by atoms with E-state index < -0.39 is 6.04 Å². The molecule has 6 heteroatoms. The summed E-state index contributed by atoms with van der Waals surface area (Å²) in [5.74, 6) is 1.47. The molecule has 0 saturated heterocycles. The van der Waals surface area contributed by atoms with Gasteiger partial charge < -0.3 is 20.5 Å². The Morgan fingerprint density at radius 2 is 1.89 bits per heavy atom. The standard InChI is InChI=1S/C21H29N3O3/c1-5-13-26-16-10-6-7-11-17(16)27-20-15(9-8-12-23-20)14-24-19(25)18(22)21(2,3)4/h6-12,18H,5,13-14,22H2,1-4H3,(H,24,25)/t18-/m1/s1. The molecule has 3 N–H and O–H groups in total. The summed E-state index contributed by atoms with van der Waals surface area (Å²) in [4.78, 5) is 16.6. The molecule has 0 spiro atoms. The number of ether oxygens (including phenoxy) is 2. The lowest BCUT2D eigenvalue weighted by Gasteiger charge is -2.25. The normalized spacial score (nSPS) is 12.3. The fraction of sp³-hybridized carbons (Fsp3) is 0.429. The van der Waals surface area contributed by atoms with Crippen LogP contribution in [0.2, 0.25) is 0 Å². The maximum atomic E-state index is 12.3. The van der Waals surface area contributed by atoms with Crippen molar-refractivity contribution in [3.8, 4) is 17.4 Å². The highest BCUT2D eigenvalue weighted by Gasteiger charge is 2.27. The number of hydrogen-bond acceptors (Lipinski definition) is 5. The summed E-state index contributed by atoms with van der Waals surface area (Å²) in [5, 5.41) is 2.87. The van der Waals surface area contributed by atoms with Crippen LogP contribution >= 0.6 is 0 Å². The van der Waals surface area contributed by atoms with Gasteiger partial charge in [-0.25, -0.2) is 4.98 Å². The molecule has 0 bridgehead atoms. The molecule has 0 fully saturated rings. The number of para-hydroxylation sites is 2. The van der Waals surface area contributed by atoms with Crippen LogP contribution in [0.4, 0.5) is 0 Å². The summed E-state index contributed by atoms with van der Waals surface area (Å²) in [6, 6.07) is 10.5. The van der Waals surface area contributed by atoms with Gasteiger partial charge >= 0.3 is 0 Å². The van der Waals surface area contributed by atoms with E-state index in [0.29, 0.717) is 24.0 Å². The molecular formula is C21H29N3O3. The minimum Gasteiger partial charge on any atom is -0.490 e. The van der Waals surface area contributed by atoms with Gasteiger partial charge in [0.05, 0.1) is 12.6 Å². The van der Waals surface area contributed by atoms with Gasteiger partial charge in [-0.2, -0.15) is 0 Å². The number of benzene rings is 1. The molecule has 6 nitrogen and oxygen atoms in total. The lowest BCUT2D eigenvalue weighted by molar-refractivity contribution is -0.124. The number of nitrogens with zero attached hydrogens (tertiary/aromatic N) is 1. The van der Waals surface area contributed by atoms with E-state index in [0.717, 1.165) is 12.0 Å². The average molecular weight is 371 g/mol. The number of hydrogen-bond donors (Lipinski definition) is 2. The van der Waals surface area contributed by atoms with Crippen LogP contribution in [0.1, 0.15) is 39.7 Å². The Morgan fingerprint density at radius 1 is 1.19 bits per heavy atom. The molecule has 2 rings (SSSR count). The predicted molar refractivity (Wildman–Crippen MR) is 106 cm³/mol. The van der Waals surface area contributed by atoms with E-state index in [9.17, 15) is 4.79 Å². The molecule has 146 valence electrons. The Bertz CT molecular complexity index is 756. The van der Waals surface area contributed by atoms with Crippen LogP contribution in [-0.4, -0.2) is 23.5 Å². The summed E-state index contributed by atoms with van der Waals surface area (Å²) in [5.41, 5.74) is 6.46. The Hall–Kier alpha value is -2.60. The minimum absolute atomic E-state index is 0.205. The SMILES string of the molecule is CCCOc1ccccc1Oc1ncccc1CNC(=O)[C@@H](N)C(C)(C)C. The first-order valence-electron chi connectivity index (χ1n) is 9.19. The van der Waals surface area contributed by atoms with Crippen molar-refractivity contribution in [3.63, 3.8) is 0 Å². The Morgan fingerprint density at radius 3 is 2.56 bits per heavy atom. The van der Waals surface area contributed by atoms with Crippen molar-refractivity contribution in [2.24, 2.45) is 11.1 Å². The highest BCUT2D eigenvalue weighted by Crippen LogP contribution is 2.32. The topological polar surface area (TPSA) is 86.5 Å². The van der Waals surface area contributed by atoms with Crippen LogP contribution in [0.25, 0.3) is 0 Å². The number of nitrogens with two attached hydrogens (primary N) is 1. The van der Waals surface area contributed by atoms with Crippen molar-refractivity contribution >= 4 is 5.91 Å². The minimum atomic E-state index is -0.596. The van der Waals surface area contributed by atoms with Crippen molar-refractivity contribution in [2.75, 3.05) is 6.61 Å². The average Bonchev–Trinajstić information content (AvgIpc) is 2.65. The summed E-state index contributed by atoms with van der Waals surface area (Å²) in [6.45, 7) is 8.74. The second kappa shape index (κ2) is 9.37. The second-order valence-electron chi connectivity index (χ2n) is 7.43. The fourth-order valence-electron chi connectivity index (χ4n) is 2.31. The molecule has 0 unspecified atom stereocenters. The van der Waals surface area contributed by atoms with Crippen molar-refractivity contribution in [1.29, 1.82) is 0 Å². The van der Waals surface area contributed by atoms with Gasteiger partial charge in [-0.3, -0.25) is 4.79 Å². The van der Waals surface area contributed by atoms with Gasteiger partial charge in [0.15, 0.2) is 11.5 Å². The van der Waals surface area contributed by atoms with Gasteiger partial charge in [0.1, 0.15) is 0 Å². The van der Waals surface area contributed by atoms with Gasteiger partial charge in [-0.1, -0.05) is 45.9 Å². The highest BCUT2D eigenvalue weighted by molar-refractivity contribution is 5.82. The van der Waals surface area contributed by atoms with E-state index in [1.165, 1.54) is 0 Å². The van der Waals surface area contributed by atoms with Crippen molar-refractivity contribution in [1.82, 2.24) is 10.3 Å². The lowest BCUT2D eigenvalue weighted by atomic mass is 9.87. The third kappa shape index (κ3) is 5.96. The molecule has 0 aliphatic heterocycles. The molecule has 0 aliphatic rings. The quantitative estimate of drug-likeness (QED) is 0.740. The maximum Gasteiger partial charge on any atom is 0.237 e. The Kier molecular flexibility index (Phi) is 7.19. The number of rotatable bonds is 8. The Balaban J connectivity index is 2.12. The van der Waals surface area contributed by atoms with E-state index in [-0.39, 0.29) is 17.9 Å². The zero-order valence-electron chi connectivity index (χ0n) is 16.5. The number of pyridine rings is 1. The molecule has 1 heterocycles. The maximum absolute atomic E-state index is 12.3. The third-order valence-electron chi connectivity index (χ3n) is 4.04. The third-order valence-corrected chi connectivity index (χ3v) is 4.04. The molecule has 1 aromatic carbocycles. The monoisotopic (exact) mass is 371 g/mol. The van der Waals surface area contributed by atoms with Gasteiger partial charge in [0, 0.05) is 18.3 Å². The van der Waals surface area contributed by atoms with Crippen LogP contribution in [-0.2, 0) is 11.3 Å². The summed E-state index contributed by atoms with van der Waals surface area (Å²) >= 11 is 0. The smallest absolute Gasteiger partial charge is 0.237 e. The number of carbonyl (C=O) groups excluding carboxylic acids is 1. The summed E-state index contributed by atoms with van der Waals surface area (Å²) < 4.78 is 11.7.